The standard InChI is InChI=1S/C22H25N3O3/c1-15(2)10-11-25-14-23-20-9-6-17(13-19(20)22(25)27)24-21(26)12-16-4-7-18(28-3)8-5-16/h4-9,13-15H,10-12H2,1-3H3,(H,24,26). The fourth-order valence-electron chi connectivity index (χ4n) is 2.93. The van der Waals surface area contributed by atoms with E-state index in [-0.39, 0.29) is 17.9 Å². The summed E-state index contributed by atoms with van der Waals surface area (Å²) in [5.74, 6) is 1.11. The number of ether oxygens (including phenoxy) is 1. The summed E-state index contributed by atoms with van der Waals surface area (Å²) in [6.45, 7) is 4.87. The Labute approximate surface area is 164 Å². The average molecular weight is 379 g/mol. The van der Waals surface area contributed by atoms with Crippen LogP contribution >= 0.6 is 0 Å². The number of aromatic nitrogens is 2. The molecule has 0 aliphatic carbocycles. The van der Waals surface area contributed by atoms with Gasteiger partial charge in [-0.3, -0.25) is 14.2 Å². The zero-order chi connectivity index (χ0) is 20.1. The molecule has 0 saturated heterocycles. The largest absolute Gasteiger partial charge is 0.497 e. The number of anilines is 1. The number of methoxy groups -OCH3 is 1. The van der Waals surface area contributed by atoms with Crippen molar-refractivity contribution in [2.75, 3.05) is 12.4 Å². The van der Waals surface area contributed by atoms with Crippen LogP contribution in [0, 0.1) is 5.92 Å². The second kappa shape index (κ2) is 8.69. The number of rotatable bonds is 7. The van der Waals surface area contributed by atoms with Crippen LogP contribution in [-0.4, -0.2) is 22.6 Å². The van der Waals surface area contributed by atoms with E-state index in [1.807, 2.05) is 24.3 Å². The first-order valence-electron chi connectivity index (χ1n) is 9.38. The number of benzene rings is 2. The summed E-state index contributed by atoms with van der Waals surface area (Å²) >= 11 is 0. The average Bonchev–Trinajstić information content (AvgIpc) is 2.68. The first-order valence-corrected chi connectivity index (χ1v) is 9.38. The van der Waals surface area contributed by atoms with Gasteiger partial charge in [0.1, 0.15) is 5.75 Å². The summed E-state index contributed by atoms with van der Waals surface area (Å²) in [5, 5.41) is 3.37. The Balaban J connectivity index is 1.75. The van der Waals surface area contributed by atoms with Gasteiger partial charge in [-0.2, -0.15) is 0 Å². The molecular weight excluding hydrogens is 354 g/mol. The predicted molar refractivity (Wildman–Crippen MR) is 111 cm³/mol. The summed E-state index contributed by atoms with van der Waals surface area (Å²) in [4.78, 5) is 29.5. The summed E-state index contributed by atoms with van der Waals surface area (Å²) < 4.78 is 6.75. The van der Waals surface area contributed by atoms with E-state index in [2.05, 4.69) is 24.1 Å². The van der Waals surface area contributed by atoms with Crippen molar-refractivity contribution in [3.8, 4) is 5.75 Å². The van der Waals surface area contributed by atoms with Gasteiger partial charge in [0.2, 0.25) is 5.91 Å². The lowest BCUT2D eigenvalue weighted by Gasteiger charge is -2.10. The molecule has 3 aromatic rings. The Morgan fingerprint density at radius 2 is 1.93 bits per heavy atom. The van der Waals surface area contributed by atoms with E-state index >= 15 is 0 Å². The van der Waals surface area contributed by atoms with Crippen molar-refractivity contribution in [3.63, 3.8) is 0 Å². The number of nitrogens with one attached hydrogen (secondary N) is 1. The van der Waals surface area contributed by atoms with Crippen molar-refractivity contribution in [1.82, 2.24) is 9.55 Å². The first kappa shape index (κ1) is 19.6. The lowest BCUT2D eigenvalue weighted by molar-refractivity contribution is -0.115. The molecule has 1 N–H and O–H groups in total. The number of aryl methyl sites for hydroxylation is 1. The van der Waals surface area contributed by atoms with Crippen molar-refractivity contribution in [1.29, 1.82) is 0 Å². The van der Waals surface area contributed by atoms with Gasteiger partial charge in [-0.1, -0.05) is 26.0 Å². The van der Waals surface area contributed by atoms with Crippen molar-refractivity contribution in [2.24, 2.45) is 5.92 Å². The van der Waals surface area contributed by atoms with E-state index < -0.39 is 0 Å². The number of hydrogen-bond donors (Lipinski definition) is 1. The van der Waals surface area contributed by atoms with Crippen LogP contribution in [0.4, 0.5) is 5.69 Å². The highest BCUT2D eigenvalue weighted by molar-refractivity contribution is 5.94. The van der Waals surface area contributed by atoms with Crippen LogP contribution in [0.25, 0.3) is 10.9 Å². The third kappa shape index (κ3) is 4.76. The summed E-state index contributed by atoms with van der Waals surface area (Å²) in [5.41, 5.74) is 2.01. The maximum absolute atomic E-state index is 12.7. The lowest BCUT2D eigenvalue weighted by atomic mass is 10.1. The number of hydrogen-bond acceptors (Lipinski definition) is 4. The Hall–Kier alpha value is -3.15. The molecule has 1 aromatic heterocycles. The van der Waals surface area contributed by atoms with Gasteiger partial charge in [0, 0.05) is 12.2 Å². The van der Waals surface area contributed by atoms with E-state index in [1.54, 1.807) is 36.2 Å². The van der Waals surface area contributed by atoms with E-state index in [0.29, 0.717) is 29.1 Å². The van der Waals surface area contributed by atoms with Crippen LogP contribution < -0.4 is 15.6 Å². The van der Waals surface area contributed by atoms with E-state index in [4.69, 9.17) is 4.74 Å². The molecule has 28 heavy (non-hydrogen) atoms. The number of carbonyl (C=O) groups is 1. The van der Waals surface area contributed by atoms with E-state index in [1.165, 1.54) is 0 Å². The minimum Gasteiger partial charge on any atom is -0.497 e. The fraction of sp³-hybridized carbons (Fsp3) is 0.318. The quantitative estimate of drug-likeness (QED) is 0.680. The molecule has 6 heteroatoms. The molecule has 6 nitrogen and oxygen atoms in total. The van der Waals surface area contributed by atoms with Crippen molar-refractivity contribution < 1.29 is 9.53 Å². The van der Waals surface area contributed by atoms with Crippen LogP contribution in [0.1, 0.15) is 25.8 Å². The van der Waals surface area contributed by atoms with Crippen LogP contribution in [0.2, 0.25) is 0 Å². The maximum Gasteiger partial charge on any atom is 0.261 e. The van der Waals surface area contributed by atoms with Crippen molar-refractivity contribution >= 4 is 22.5 Å². The molecule has 146 valence electrons. The Morgan fingerprint density at radius 1 is 1.18 bits per heavy atom. The molecule has 0 saturated carbocycles. The van der Waals surface area contributed by atoms with Gasteiger partial charge in [-0.05, 0) is 48.2 Å². The number of nitrogens with zero attached hydrogens (tertiary/aromatic N) is 2. The third-order valence-electron chi connectivity index (χ3n) is 4.58. The molecule has 1 amide bonds. The zero-order valence-electron chi connectivity index (χ0n) is 16.4. The van der Waals surface area contributed by atoms with Gasteiger partial charge in [-0.25, -0.2) is 4.98 Å². The van der Waals surface area contributed by atoms with Crippen molar-refractivity contribution in [3.05, 3.63) is 64.7 Å². The summed E-state index contributed by atoms with van der Waals surface area (Å²) in [6.07, 6.45) is 2.74. The SMILES string of the molecule is COc1ccc(CC(=O)Nc2ccc3ncn(CCC(C)C)c(=O)c3c2)cc1. The highest BCUT2D eigenvalue weighted by atomic mass is 16.5. The molecule has 0 fully saturated rings. The number of fused-ring (bicyclic) bond motifs is 1. The highest BCUT2D eigenvalue weighted by Gasteiger charge is 2.09. The monoisotopic (exact) mass is 379 g/mol. The van der Waals surface area contributed by atoms with Gasteiger partial charge < -0.3 is 10.1 Å². The highest BCUT2D eigenvalue weighted by Crippen LogP contribution is 2.16. The lowest BCUT2D eigenvalue weighted by Crippen LogP contribution is -2.21. The molecular formula is C22H25N3O3. The van der Waals surface area contributed by atoms with Gasteiger partial charge in [0.05, 0.1) is 30.8 Å². The molecule has 0 atom stereocenters. The molecule has 0 bridgehead atoms. The van der Waals surface area contributed by atoms with Gasteiger partial charge in [-0.15, -0.1) is 0 Å². The second-order valence-electron chi connectivity index (χ2n) is 7.23. The minimum atomic E-state index is -0.145. The molecule has 0 aliphatic heterocycles. The molecule has 1 heterocycles. The molecule has 0 aliphatic rings. The zero-order valence-corrected chi connectivity index (χ0v) is 16.4. The van der Waals surface area contributed by atoms with Crippen LogP contribution in [0.3, 0.4) is 0 Å². The topological polar surface area (TPSA) is 73.2 Å². The number of carbonyl (C=O) groups excluding carboxylic acids is 1. The molecule has 2 aromatic carbocycles. The normalized spacial score (nSPS) is 11.0. The van der Waals surface area contributed by atoms with Gasteiger partial charge in [0.15, 0.2) is 0 Å². The third-order valence-corrected chi connectivity index (χ3v) is 4.58. The smallest absolute Gasteiger partial charge is 0.261 e. The Kier molecular flexibility index (Phi) is 6.09. The maximum atomic E-state index is 12.7. The fourth-order valence-corrected chi connectivity index (χ4v) is 2.93. The molecule has 0 spiro atoms. The second-order valence-corrected chi connectivity index (χ2v) is 7.23. The molecule has 3 rings (SSSR count). The van der Waals surface area contributed by atoms with Crippen LogP contribution in [0.15, 0.2) is 53.6 Å². The van der Waals surface area contributed by atoms with Crippen LogP contribution in [-0.2, 0) is 17.8 Å². The summed E-state index contributed by atoms with van der Waals surface area (Å²) in [7, 11) is 1.60. The molecule has 0 radical (unpaired) electrons. The van der Waals surface area contributed by atoms with Crippen LogP contribution in [0.5, 0.6) is 5.75 Å². The van der Waals surface area contributed by atoms with Gasteiger partial charge in [0.25, 0.3) is 5.56 Å². The van der Waals surface area contributed by atoms with E-state index in [0.717, 1.165) is 17.7 Å². The molecule has 0 unspecified atom stereocenters. The van der Waals surface area contributed by atoms with E-state index in [9.17, 15) is 9.59 Å². The Morgan fingerprint density at radius 3 is 2.61 bits per heavy atom. The minimum absolute atomic E-state index is 0.0862. The predicted octanol–water partition coefficient (Wildman–Crippen LogP) is 3.63. The Bertz CT molecular complexity index is 1020. The van der Waals surface area contributed by atoms with Crippen molar-refractivity contribution in [2.45, 2.75) is 33.2 Å². The number of amides is 1. The summed E-state index contributed by atoms with van der Waals surface area (Å²) in [6, 6.07) is 12.6. The van der Waals surface area contributed by atoms with Gasteiger partial charge >= 0.3 is 0 Å². The first-order chi connectivity index (χ1) is 13.5.